The summed E-state index contributed by atoms with van der Waals surface area (Å²) < 4.78 is 1.89. The summed E-state index contributed by atoms with van der Waals surface area (Å²) in [6, 6.07) is 9.06. The molecule has 0 aliphatic rings. The van der Waals surface area contributed by atoms with E-state index in [1.807, 2.05) is 35.8 Å². The average molecular weight is 245 g/mol. The molecule has 18 heavy (non-hydrogen) atoms. The van der Waals surface area contributed by atoms with Crippen LogP contribution in [0, 0.1) is 13.8 Å². The van der Waals surface area contributed by atoms with Crippen LogP contribution in [0.25, 0.3) is 5.69 Å². The molecular weight excluding hydrogens is 230 g/mol. The highest BCUT2D eigenvalue weighted by molar-refractivity contribution is 5.89. The smallest absolute Gasteiger partial charge is 0.337 e. The highest BCUT2D eigenvalue weighted by atomic mass is 16.4. The summed E-state index contributed by atoms with van der Waals surface area (Å²) in [6.45, 7) is 3.67. The molecule has 94 valence electrons. The molecule has 2 rings (SSSR count). The van der Waals surface area contributed by atoms with E-state index in [0.717, 1.165) is 16.9 Å². The number of carbonyl (C=O) groups is 1. The van der Waals surface area contributed by atoms with Gasteiger partial charge in [0.15, 0.2) is 0 Å². The number of nitrogens with zero attached hydrogens (tertiary/aromatic N) is 1. The van der Waals surface area contributed by atoms with Crippen molar-refractivity contribution in [2.24, 2.45) is 0 Å². The minimum Gasteiger partial charge on any atom is -0.478 e. The van der Waals surface area contributed by atoms with Gasteiger partial charge in [0.05, 0.1) is 12.2 Å². The molecule has 2 aromatic rings. The molecule has 1 heterocycles. The second kappa shape index (κ2) is 4.66. The Kier molecular flexibility index (Phi) is 3.21. The Bertz CT molecular complexity index is 582. The van der Waals surface area contributed by atoms with Gasteiger partial charge in [0.2, 0.25) is 0 Å². The summed E-state index contributed by atoms with van der Waals surface area (Å²) in [5.74, 6) is -0.915. The predicted molar refractivity (Wildman–Crippen MR) is 68.1 cm³/mol. The molecule has 4 heteroatoms. The molecule has 0 saturated carbocycles. The largest absolute Gasteiger partial charge is 0.478 e. The monoisotopic (exact) mass is 245 g/mol. The maximum Gasteiger partial charge on any atom is 0.337 e. The third-order valence-corrected chi connectivity index (χ3v) is 3.04. The van der Waals surface area contributed by atoms with Gasteiger partial charge in [-0.2, -0.15) is 0 Å². The fraction of sp³-hybridized carbons (Fsp3) is 0.214. The molecule has 0 atom stereocenters. The third-order valence-electron chi connectivity index (χ3n) is 3.04. The van der Waals surface area contributed by atoms with Gasteiger partial charge < -0.3 is 14.8 Å². The fourth-order valence-corrected chi connectivity index (χ4v) is 2.13. The van der Waals surface area contributed by atoms with Crippen LogP contribution in [0.5, 0.6) is 0 Å². The number of aromatic nitrogens is 1. The fourth-order valence-electron chi connectivity index (χ4n) is 2.13. The first kappa shape index (κ1) is 12.4. The number of benzene rings is 1. The van der Waals surface area contributed by atoms with Crippen molar-refractivity contribution in [2.45, 2.75) is 20.5 Å². The summed E-state index contributed by atoms with van der Waals surface area (Å²) in [4.78, 5) is 11.1. The number of aliphatic hydroxyl groups excluding tert-OH is 1. The van der Waals surface area contributed by atoms with Crippen molar-refractivity contribution in [3.8, 4) is 5.69 Å². The van der Waals surface area contributed by atoms with Gasteiger partial charge in [-0.05, 0) is 37.6 Å². The number of aromatic carboxylic acids is 1. The maximum atomic E-state index is 11.1. The lowest BCUT2D eigenvalue weighted by Gasteiger charge is -2.10. The summed E-state index contributed by atoms with van der Waals surface area (Å²) >= 11 is 0. The Morgan fingerprint density at radius 2 is 1.83 bits per heavy atom. The van der Waals surface area contributed by atoms with Gasteiger partial charge in [0, 0.05) is 17.1 Å². The number of hydrogen-bond acceptors (Lipinski definition) is 2. The standard InChI is InChI=1S/C14H15NO3/c1-9-7-13(14(17)18)10(2)15(9)12-5-3-11(8-16)4-6-12/h3-7,16H,8H2,1-2H3,(H,17,18). The van der Waals surface area contributed by atoms with Gasteiger partial charge in [-0.15, -0.1) is 0 Å². The first-order valence-corrected chi connectivity index (χ1v) is 5.67. The normalized spacial score (nSPS) is 10.6. The van der Waals surface area contributed by atoms with Crippen molar-refractivity contribution >= 4 is 5.97 Å². The second-order valence-corrected chi connectivity index (χ2v) is 4.25. The highest BCUT2D eigenvalue weighted by Gasteiger charge is 2.15. The van der Waals surface area contributed by atoms with Crippen LogP contribution in [-0.4, -0.2) is 20.7 Å². The zero-order chi connectivity index (χ0) is 13.3. The van der Waals surface area contributed by atoms with E-state index in [4.69, 9.17) is 10.2 Å². The first-order valence-electron chi connectivity index (χ1n) is 5.67. The van der Waals surface area contributed by atoms with Crippen LogP contribution >= 0.6 is 0 Å². The van der Waals surface area contributed by atoms with Gasteiger partial charge in [-0.1, -0.05) is 12.1 Å². The van der Waals surface area contributed by atoms with Crippen molar-refractivity contribution in [3.05, 3.63) is 52.8 Å². The molecule has 1 aromatic heterocycles. The Morgan fingerprint density at radius 1 is 1.22 bits per heavy atom. The zero-order valence-corrected chi connectivity index (χ0v) is 10.3. The van der Waals surface area contributed by atoms with Crippen LogP contribution in [0.15, 0.2) is 30.3 Å². The van der Waals surface area contributed by atoms with Crippen molar-refractivity contribution in [1.29, 1.82) is 0 Å². The van der Waals surface area contributed by atoms with E-state index >= 15 is 0 Å². The molecule has 0 saturated heterocycles. The second-order valence-electron chi connectivity index (χ2n) is 4.25. The molecule has 0 unspecified atom stereocenters. The van der Waals surface area contributed by atoms with Crippen LogP contribution in [0.2, 0.25) is 0 Å². The van der Waals surface area contributed by atoms with Gasteiger partial charge >= 0.3 is 5.97 Å². The highest BCUT2D eigenvalue weighted by Crippen LogP contribution is 2.21. The zero-order valence-electron chi connectivity index (χ0n) is 10.3. The lowest BCUT2D eigenvalue weighted by atomic mass is 10.2. The van der Waals surface area contributed by atoms with E-state index in [2.05, 4.69) is 0 Å². The lowest BCUT2D eigenvalue weighted by molar-refractivity contribution is 0.0696. The first-order chi connectivity index (χ1) is 8.54. The number of carboxylic acid groups (broad SMARTS) is 1. The van der Waals surface area contributed by atoms with Crippen molar-refractivity contribution in [1.82, 2.24) is 4.57 Å². The number of carboxylic acids is 1. The van der Waals surface area contributed by atoms with Crippen LogP contribution in [-0.2, 0) is 6.61 Å². The van der Waals surface area contributed by atoms with E-state index in [9.17, 15) is 4.79 Å². The molecule has 0 amide bonds. The van der Waals surface area contributed by atoms with Crippen LogP contribution in [0.3, 0.4) is 0 Å². The van der Waals surface area contributed by atoms with E-state index in [1.165, 1.54) is 0 Å². The molecule has 2 N–H and O–H groups in total. The molecule has 0 spiro atoms. The summed E-state index contributed by atoms with van der Waals surface area (Å²) in [5.41, 5.74) is 3.63. The quantitative estimate of drug-likeness (QED) is 0.872. The Balaban J connectivity index is 2.53. The summed E-state index contributed by atoms with van der Waals surface area (Å²) in [7, 11) is 0. The SMILES string of the molecule is Cc1cc(C(=O)O)c(C)n1-c1ccc(CO)cc1. The molecule has 0 aliphatic heterocycles. The van der Waals surface area contributed by atoms with Gasteiger partial charge in [-0.25, -0.2) is 4.79 Å². The molecule has 0 radical (unpaired) electrons. The molecular formula is C14H15NO3. The van der Waals surface area contributed by atoms with Crippen LogP contribution in [0.4, 0.5) is 0 Å². The molecule has 0 aliphatic carbocycles. The van der Waals surface area contributed by atoms with Gasteiger partial charge in [0.25, 0.3) is 0 Å². The number of hydrogen-bond donors (Lipinski definition) is 2. The summed E-state index contributed by atoms with van der Waals surface area (Å²) in [6.07, 6.45) is 0. The minimum absolute atomic E-state index is 0.00426. The van der Waals surface area contributed by atoms with Gasteiger partial charge in [-0.3, -0.25) is 0 Å². The molecule has 0 bridgehead atoms. The lowest BCUT2D eigenvalue weighted by Crippen LogP contribution is -2.02. The van der Waals surface area contributed by atoms with Crippen molar-refractivity contribution in [3.63, 3.8) is 0 Å². The molecule has 4 nitrogen and oxygen atoms in total. The molecule has 1 aromatic carbocycles. The Hall–Kier alpha value is -2.07. The minimum atomic E-state index is -0.915. The maximum absolute atomic E-state index is 11.1. The third kappa shape index (κ3) is 2.02. The predicted octanol–water partition coefficient (Wildman–Crippen LogP) is 2.28. The van der Waals surface area contributed by atoms with Gasteiger partial charge in [0.1, 0.15) is 0 Å². The van der Waals surface area contributed by atoms with Crippen molar-refractivity contribution < 1.29 is 15.0 Å². The number of rotatable bonds is 3. The van der Waals surface area contributed by atoms with Crippen LogP contribution < -0.4 is 0 Å². The Morgan fingerprint density at radius 3 is 2.28 bits per heavy atom. The molecule has 0 fully saturated rings. The van der Waals surface area contributed by atoms with E-state index in [0.29, 0.717) is 11.3 Å². The van der Waals surface area contributed by atoms with E-state index < -0.39 is 5.97 Å². The average Bonchev–Trinajstić information content (AvgIpc) is 2.65. The van der Waals surface area contributed by atoms with E-state index in [1.54, 1.807) is 13.0 Å². The Labute approximate surface area is 105 Å². The summed E-state index contributed by atoms with van der Waals surface area (Å²) in [5, 5.41) is 18.1. The topological polar surface area (TPSA) is 62.5 Å². The number of aliphatic hydroxyl groups is 1. The van der Waals surface area contributed by atoms with E-state index in [-0.39, 0.29) is 6.61 Å². The van der Waals surface area contributed by atoms with Crippen molar-refractivity contribution in [2.75, 3.05) is 0 Å². The number of aryl methyl sites for hydroxylation is 1. The van der Waals surface area contributed by atoms with Crippen LogP contribution in [0.1, 0.15) is 27.3 Å².